The maximum atomic E-state index is 12.7. The predicted octanol–water partition coefficient (Wildman–Crippen LogP) is 0.589. The number of carboxylic acid groups (broad SMARTS) is 1. The summed E-state index contributed by atoms with van der Waals surface area (Å²) in [6.45, 7) is 7.91. The topological polar surface area (TPSA) is 148 Å². The molecule has 0 aliphatic rings. The number of carboxylic acids is 1. The number of unbranched alkanes of at least 4 members (excludes halogenated alkanes) is 1. The van der Waals surface area contributed by atoms with Crippen molar-refractivity contribution >= 4 is 17.8 Å². The Labute approximate surface area is 156 Å². The second kappa shape index (κ2) is 12.6. The van der Waals surface area contributed by atoms with Crippen LogP contribution in [0.15, 0.2) is 0 Å². The summed E-state index contributed by atoms with van der Waals surface area (Å²) in [6.07, 6.45) is 3.28. The van der Waals surface area contributed by atoms with E-state index in [0.717, 1.165) is 12.8 Å². The Hall–Kier alpha value is -1.67. The van der Waals surface area contributed by atoms with Gasteiger partial charge in [0.15, 0.2) is 0 Å². The second-order valence-corrected chi connectivity index (χ2v) is 6.97. The third-order valence-corrected chi connectivity index (χ3v) is 4.88. The van der Waals surface area contributed by atoms with Gasteiger partial charge in [-0.2, -0.15) is 0 Å². The van der Waals surface area contributed by atoms with Crippen LogP contribution in [0.25, 0.3) is 0 Å². The van der Waals surface area contributed by atoms with E-state index in [9.17, 15) is 19.5 Å². The van der Waals surface area contributed by atoms with Crippen molar-refractivity contribution in [2.45, 2.75) is 77.9 Å². The van der Waals surface area contributed by atoms with Gasteiger partial charge in [0.2, 0.25) is 11.8 Å². The molecule has 8 heteroatoms. The molecule has 0 saturated heterocycles. The van der Waals surface area contributed by atoms with Gasteiger partial charge in [0.25, 0.3) is 0 Å². The van der Waals surface area contributed by atoms with Crippen LogP contribution in [0.1, 0.15) is 59.8 Å². The van der Waals surface area contributed by atoms with E-state index in [4.69, 9.17) is 11.5 Å². The van der Waals surface area contributed by atoms with E-state index in [-0.39, 0.29) is 11.8 Å². The molecular formula is C18H36N4O4. The molecule has 0 aromatic carbocycles. The minimum absolute atomic E-state index is 0.151. The van der Waals surface area contributed by atoms with E-state index in [1.165, 1.54) is 0 Å². The summed E-state index contributed by atoms with van der Waals surface area (Å²) in [7, 11) is 0. The van der Waals surface area contributed by atoms with Gasteiger partial charge in [-0.05, 0) is 31.2 Å². The van der Waals surface area contributed by atoms with Crippen LogP contribution in [0, 0.1) is 11.8 Å². The van der Waals surface area contributed by atoms with Crippen LogP contribution in [0.2, 0.25) is 0 Å². The minimum atomic E-state index is -1.08. The van der Waals surface area contributed by atoms with Crippen molar-refractivity contribution < 1.29 is 19.5 Å². The standard InChI is InChI=1S/C18H36N4O4/c1-5-11(3)14(21-16(23)13(20)9-7-8-10-19)17(24)22-15(18(25)26)12(4)6-2/h11-15H,5-10,19-20H2,1-4H3,(H,21,23)(H,22,24)(H,25,26)/t11-,12-,13-,14-,15-/m0/s1. The molecule has 0 aliphatic heterocycles. The molecule has 0 rings (SSSR count). The maximum Gasteiger partial charge on any atom is 0.326 e. The zero-order chi connectivity index (χ0) is 20.3. The van der Waals surface area contributed by atoms with E-state index in [2.05, 4.69) is 10.6 Å². The van der Waals surface area contributed by atoms with Gasteiger partial charge in [0.05, 0.1) is 6.04 Å². The lowest BCUT2D eigenvalue weighted by Crippen LogP contribution is -2.57. The van der Waals surface area contributed by atoms with Crippen LogP contribution >= 0.6 is 0 Å². The van der Waals surface area contributed by atoms with Crippen molar-refractivity contribution in [3.05, 3.63) is 0 Å². The number of carbonyl (C=O) groups is 3. The van der Waals surface area contributed by atoms with Crippen LogP contribution in [0.3, 0.4) is 0 Å². The third kappa shape index (κ3) is 8.14. The molecule has 2 amide bonds. The van der Waals surface area contributed by atoms with E-state index in [0.29, 0.717) is 25.8 Å². The molecule has 0 bridgehead atoms. The van der Waals surface area contributed by atoms with Gasteiger partial charge in [0.1, 0.15) is 12.1 Å². The number of nitrogens with one attached hydrogen (secondary N) is 2. The first kappa shape index (κ1) is 24.3. The molecule has 0 unspecified atom stereocenters. The lowest BCUT2D eigenvalue weighted by Gasteiger charge is -2.28. The lowest BCUT2D eigenvalue weighted by molar-refractivity contribution is -0.144. The lowest BCUT2D eigenvalue weighted by atomic mass is 9.95. The summed E-state index contributed by atoms with van der Waals surface area (Å²) >= 11 is 0. The zero-order valence-electron chi connectivity index (χ0n) is 16.5. The molecule has 5 atom stereocenters. The fourth-order valence-electron chi connectivity index (χ4n) is 2.53. The number of hydrogen-bond donors (Lipinski definition) is 5. The van der Waals surface area contributed by atoms with Crippen molar-refractivity contribution in [1.82, 2.24) is 10.6 Å². The fourth-order valence-corrected chi connectivity index (χ4v) is 2.53. The van der Waals surface area contributed by atoms with Crippen LogP contribution in [0.5, 0.6) is 0 Å². The largest absolute Gasteiger partial charge is 0.480 e. The molecule has 0 saturated carbocycles. The zero-order valence-corrected chi connectivity index (χ0v) is 16.5. The number of rotatable bonds is 13. The molecule has 7 N–H and O–H groups in total. The maximum absolute atomic E-state index is 12.7. The number of aliphatic carboxylic acids is 1. The van der Waals surface area contributed by atoms with Gasteiger partial charge in [-0.15, -0.1) is 0 Å². The van der Waals surface area contributed by atoms with Gasteiger partial charge in [-0.1, -0.05) is 47.0 Å². The Morgan fingerprint density at radius 1 is 0.923 bits per heavy atom. The SMILES string of the molecule is CC[C@H](C)[C@H](NC(=O)[C@@H](NC(=O)[C@@H](N)CCCCN)[C@@H](C)CC)C(=O)O. The van der Waals surface area contributed by atoms with Crippen molar-refractivity contribution in [2.75, 3.05) is 6.54 Å². The molecule has 0 aliphatic carbocycles. The first-order valence-corrected chi connectivity index (χ1v) is 9.48. The van der Waals surface area contributed by atoms with Crippen LogP contribution in [-0.4, -0.2) is 47.6 Å². The Bertz CT molecular complexity index is 458. The summed E-state index contributed by atoms with van der Waals surface area (Å²) in [4.78, 5) is 36.4. The molecular weight excluding hydrogens is 336 g/mol. The predicted molar refractivity (Wildman–Crippen MR) is 101 cm³/mol. The molecule has 26 heavy (non-hydrogen) atoms. The summed E-state index contributed by atoms with van der Waals surface area (Å²) < 4.78 is 0. The van der Waals surface area contributed by atoms with E-state index in [1.807, 2.05) is 20.8 Å². The molecule has 8 nitrogen and oxygen atoms in total. The minimum Gasteiger partial charge on any atom is -0.480 e. The average Bonchev–Trinajstić information content (AvgIpc) is 2.62. The molecule has 152 valence electrons. The Balaban J connectivity index is 5.04. The highest BCUT2D eigenvalue weighted by molar-refractivity contribution is 5.92. The van der Waals surface area contributed by atoms with E-state index in [1.54, 1.807) is 6.92 Å². The Morgan fingerprint density at radius 2 is 1.42 bits per heavy atom. The number of nitrogens with two attached hydrogens (primary N) is 2. The summed E-state index contributed by atoms with van der Waals surface area (Å²) in [5.41, 5.74) is 11.3. The molecule has 0 spiro atoms. The highest BCUT2D eigenvalue weighted by atomic mass is 16.4. The summed E-state index contributed by atoms with van der Waals surface area (Å²) in [6, 6.07) is -2.53. The van der Waals surface area contributed by atoms with Gasteiger partial charge in [-0.25, -0.2) is 4.79 Å². The molecule has 0 aromatic rings. The van der Waals surface area contributed by atoms with Crippen molar-refractivity contribution in [1.29, 1.82) is 0 Å². The highest BCUT2D eigenvalue weighted by Crippen LogP contribution is 2.12. The number of hydrogen-bond acceptors (Lipinski definition) is 5. The van der Waals surface area contributed by atoms with Crippen molar-refractivity contribution in [3.8, 4) is 0 Å². The van der Waals surface area contributed by atoms with E-state index < -0.39 is 35.9 Å². The summed E-state index contributed by atoms with van der Waals surface area (Å²) in [5, 5.41) is 14.6. The van der Waals surface area contributed by atoms with Crippen molar-refractivity contribution in [2.24, 2.45) is 23.3 Å². The quantitative estimate of drug-likeness (QED) is 0.299. The van der Waals surface area contributed by atoms with Gasteiger partial charge in [0, 0.05) is 0 Å². The van der Waals surface area contributed by atoms with Crippen LogP contribution < -0.4 is 22.1 Å². The normalized spacial score (nSPS) is 16.8. The third-order valence-electron chi connectivity index (χ3n) is 4.88. The fraction of sp³-hybridized carbons (Fsp3) is 0.833. The smallest absolute Gasteiger partial charge is 0.326 e. The monoisotopic (exact) mass is 372 g/mol. The van der Waals surface area contributed by atoms with Crippen LogP contribution in [0.4, 0.5) is 0 Å². The van der Waals surface area contributed by atoms with Gasteiger partial charge < -0.3 is 27.2 Å². The molecule has 0 radical (unpaired) electrons. The Morgan fingerprint density at radius 3 is 1.88 bits per heavy atom. The number of amides is 2. The van der Waals surface area contributed by atoms with Crippen molar-refractivity contribution in [3.63, 3.8) is 0 Å². The van der Waals surface area contributed by atoms with E-state index >= 15 is 0 Å². The first-order chi connectivity index (χ1) is 12.2. The molecule has 0 aromatic heterocycles. The Kier molecular flexibility index (Phi) is 11.8. The summed E-state index contributed by atoms with van der Waals surface area (Å²) in [5.74, 6) is -2.35. The van der Waals surface area contributed by atoms with Crippen LogP contribution in [-0.2, 0) is 14.4 Å². The first-order valence-electron chi connectivity index (χ1n) is 9.48. The molecule has 0 fully saturated rings. The molecule has 0 heterocycles. The van der Waals surface area contributed by atoms with Gasteiger partial charge in [-0.3, -0.25) is 9.59 Å². The second-order valence-electron chi connectivity index (χ2n) is 6.97. The van der Waals surface area contributed by atoms with Gasteiger partial charge >= 0.3 is 5.97 Å². The highest BCUT2D eigenvalue weighted by Gasteiger charge is 2.32. The average molecular weight is 373 g/mol. The number of carbonyl (C=O) groups excluding carboxylic acids is 2.